The van der Waals surface area contributed by atoms with Gasteiger partial charge in [0.25, 0.3) is 0 Å². The Balaban J connectivity index is 1.87. The summed E-state index contributed by atoms with van der Waals surface area (Å²) in [5.74, 6) is 2.86. The van der Waals surface area contributed by atoms with Gasteiger partial charge < -0.3 is 9.47 Å². The summed E-state index contributed by atoms with van der Waals surface area (Å²) in [6, 6.07) is 0. The smallest absolute Gasteiger partial charge is 0.157 e. The van der Waals surface area contributed by atoms with Gasteiger partial charge in [-0.15, -0.1) is 0 Å². The first-order chi connectivity index (χ1) is 8.61. The van der Waals surface area contributed by atoms with E-state index >= 15 is 0 Å². The molecule has 0 N–H and O–H groups in total. The Morgan fingerprint density at radius 1 is 1.28 bits per heavy atom. The number of carbonyl (C=O) groups excluding carboxylic acids is 1. The maximum absolute atomic E-state index is 12.1. The van der Waals surface area contributed by atoms with Crippen molar-refractivity contribution < 1.29 is 14.3 Å². The van der Waals surface area contributed by atoms with Gasteiger partial charge in [0.05, 0.1) is 6.10 Å². The minimum absolute atomic E-state index is 0.0445. The molecule has 1 aliphatic heterocycles. The summed E-state index contributed by atoms with van der Waals surface area (Å²) < 4.78 is 11.5. The fraction of sp³-hybridized carbons (Fsp3) is 0.933. The van der Waals surface area contributed by atoms with Crippen molar-refractivity contribution in [3.63, 3.8) is 0 Å². The van der Waals surface area contributed by atoms with Crippen molar-refractivity contribution in [2.45, 2.75) is 51.9 Å². The number of hydrogen-bond donors (Lipinski definition) is 0. The highest BCUT2D eigenvalue weighted by Crippen LogP contribution is 2.51. The van der Waals surface area contributed by atoms with E-state index in [1.807, 2.05) is 0 Å². The van der Waals surface area contributed by atoms with E-state index in [9.17, 15) is 4.79 Å². The zero-order valence-corrected chi connectivity index (χ0v) is 11.6. The standard InChI is InChI=1S/C15H24O3/c1-8-4-5-10-6-13(17-3)18-15(10)14-9(2)12(16)7-11(8)14/h8-11,13-15H,4-7H2,1-3H3/t8-,9+,10-,11-,13?,14-,15-/m1/s1. The van der Waals surface area contributed by atoms with Gasteiger partial charge in [0.1, 0.15) is 5.78 Å². The molecule has 0 radical (unpaired) electrons. The number of carbonyl (C=O) groups is 1. The SMILES string of the molecule is COC1C[C@H]2CC[C@@H](C)[C@H]3CC(=O)[C@H](C)[C@H]3[C@@H]2O1. The van der Waals surface area contributed by atoms with Crippen LogP contribution in [0.25, 0.3) is 0 Å². The summed E-state index contributed by atoms with van der Waals surface area (Å²) >= 11 is 0. The molecule has 1 unspecified atom stereocenters. The van der Waals surface area contributed by atoms with Crippen LogP contribution in [0.2, 0.25) is 0 Å². The van der Waals surface area contributed by atoms with Crippen molar-refractivity contribution >= 4 is 5.78 Å². The van der Waals surface area contributed by atoms with Crippen LogP contribution >= 0.6 is 0 Å². The Kier molecular flexibility index (Phi) is 3.23. The molecule has 0 aromatic rings. The minimum Gasteiger partial charge on any atom is -0.356 e. The van der Waals surface area contributed by atoms with Gasteiger partial charge in [-0.3, -0.25) is 4.79 Å². The van der Waals surface area contributed by atoms with Crippen LogP contribution in [0.1, 0.15) is 39.5 Å². The van der Waals surface area contributed by atoms with Crippen LogP contribution in [0.4, 0.5) is 0 Å². The molecule has 1 heterocycles. The lowest BCUT2D eigenvalue weighted by Crippen LogP contribution is -2.33. The van der Waals surface area contributed by atoms with Gasteiger partial charge in [0.15, 0.2) is 6.29 Å². The molecule has 3 aliphatic rings. The molecule has 102 valence electrons. The Labute approximate surface area is 109 Å². The van der Waals surface area contributed by atoms with Gasteiger partial charge in [-0.05, 0) is 30.1 Å². The topological polar surface area (TPSA) is 35.5 Å². The molecule has 3 rings (SSSR count). The second-order valence-corrected chi connectivity index (χ2v) is 6.52. The maximum Gasteiger partial charge on any atom is 0.157 e. The lowest BCUT2D eigenvalue weighted by molar-refractivity contribution is -0.138. The molecule has 2 aliphatic carbocycles. The normalized spacial score (nSPS) is 51.9. The third-order valence-corrected chi connectivity index (χ3v) is 5.65. The predicted octanol–water partition coefficient (Wildman–Crippen LogP) is 2.64. The van der Waals surface area contributed by atoms with Gasteiger partial charge in [-0.25, -0.2) is 0 Å². The summed E-state index contributed by atoms with van der Waals surface area (Å²) in [5, 5.41) is 0. The molecule has 2 saturated carbocycles. The average Bonchev–Trinajstić information content (AvgIpc) is 2.85. The first kappa shape index (κ1) is 12.6. The zero-order valence-electron chi connectivity index (χ0n) is 11.6. The first-order valence-electron chi connectivity index (χ1n) is 7.32. The molecule has 1 saturated heterocycles. The maximum atomic E-state index is 12.1. The Hall–Kier alpha value is -0.410. The lowest BCUT2D eigenvalue weighted by Gasteiger charge is -2.30. The van der Waals surface area contributed by atoms with Gasteiger partial charge in [0.2, 0.25) is 0 Å². The van der Waals surface area contributed by atoms with E-state index in [2.05, 4.69) is 13.8 Å². The predicted molar refractivity (Wildman–Crippen MR) is 67.9 cm³/mol. The van der Waals surface area contributed by atoms with E-state index < -0.39 is 0 Å². The molecular weight excluding hydrogens is 228 g/mol. The van der Waals surface area contributed by atoms with Crippen molar-refractivity contribution in [1.82, 2.24) is 0 Å². The number of ether oxygens (including phenoxy) is 2. The van der Waals surface area contributed by atoms with Crippen molar-refractivity contribution in [3.8, 4) is 0 Å². The largest absolute Gasteiger partial charge is 0.356 e. The summed E-state index contributed by atoms with van der Waals surface area (Å²) in [4.78, 5) is 12.1. The second kappa shape index (κ2) is 4.61. The summed E-state index contributed by atoms with van der Waals surface area (Å²) in [7, 11) is 1.72. The van der Waals surface area contributed by atoms with E-state index in [1.165, 1.54) is 12.8 Å². The highest BCUT2D eigenvalue weighted by molar-refractivity contribution is 5.83. The fourth-order valence-electron chi connectivity index (χ4n) is 4.50. The Morgan fingerprint density at radius 3 is 2.78 bits per heavy atom. The quantitative estimate of drug-likeness (QED) is 0.719. The molecule has 7 atom stereocenters. The van der Waals surface area contributed by atoms with E-state index in [-0.39, 0.29) is 18.3 Å². The molecule has 0 aromatic heterocycles. The highest BCUT2D eigenvalue weighted by atomic mass is 16.7. The third kappa shape index (κ3) is 1.83. The van der Waals surface area contributed by atoms with Gasteiger partial charge in [0, 0.05) is 25.9 Å². The Bertz CT molecular complexity index is 341. The van der Waals surface area contributed by atoms with Crippen molar-refractivity contribution in [2.75, 3.05) is 7.11 Å². The number of rotatable bonds is 1. The second-order valence-electron chi connectivity index (χ2n) is 6.52. The molecule has 0 spiro atoms. The van der Waals surface area contributed by atoms with E-state index in [0.29, 0.717) is 29.5 Å². The van der Waals surface area contributed by atoms with E-state index in [4.69, 9.17) is 9.47 Å². The van der Waals surface area contributed by atoms with E-state index in [0.717, 1.165) is 12.8 Å². The average molecular weight is 252 g/mol. The molecule has 0 bridgehead atoms. The molecule has 0 amide bonds. The molecule has 0 aromatic carbocycles. The zero-order chi connectivity index (χ0) is 12.9. The van der Waals surface area contributed by atoms with Crippen molar-refractivity contribution in [1.29, 1.82) is 0 Å². The number of ketones is 1. The first-order valence-corrected chi connectivity index (χ1v) is 7.32. The van der Waals surface area contributed by atoms with E-state index in [1.54, 1.807) is 7.11 Å². The fourth-order valence-corrected chi connectivity index (χ4v) is 4.50. The van der Waals surface area contributed by atoms with Crippen LogP contribution in [0, 0.1) is 29.6 Å². The molecule has 3 nitrogen and oxygen atoms in total. The highest BCUT2D eigenvalue weighted by Gasteiger charge is 2.53. The van der Waals surface area contributed by atoms with Gasteiger partial charge in [-0.1, -0.05) is 20.3 Å². The van der Waals surface area contributed by atoms with Crippen molar-refractivity contribution in [3.05, 3.63) is 0 Å². The molecule has 3 heteroatoms. The van der Waals surface area contributed by atoms with Crippen LogP contribution in [0.3, 0.4) is 0 Å². The summed E-state index contributed by atoms with van der Waals surface area (Å²) in [6.07, 6.45) is 4.47. The van der Waals surface area contributed by atoms with Crippen LogP contribution < -0.4 is 0 Å². The van der Waals surface area contributed by atoms with Crippen molar-refractivity contribution in [2.24, 2.45) is 29.6 Å². The number of hydrogen-bond acceptors (Lipinski definition) is 3. The van der Waals surface area contributed by atoms with Gasteiger partial charge in [-0.2, -0.15) is 0 Å². The summed E-state index contributed by atoms with van der Waals surface area (Å²) in [5.41, 5.74) is 0. The molecule has 3 fully saturated rings. The van der Waals surface area contributed by atoms with Crippen LogP contribution in [-0.4, -0.2) is 25.3 Å². The number of Topliss-reactive ketones (excluding diaryl/α,β-unsaturated/α-hetero) is 1. The molecule has 18 heavy (non-hydrogen) atoms. The monoisotopic (exact) mass is 252 g/mol. The molecular formula is C15H24O3. The third-order valence-electron chi connectivity index (χ3n) is 5.65. The van der Waals surface area contributed by atoms with Crippen LogP contribution in [0.15, 0.2) is 0 Å². The number of methoxy groups -OCH3 is 1. The Morgan fingerprint density at radius 2 is 2.06 bits per heavy atom. The minimum atomic E-state index is -0.0445. The van der Waals surface area contributed by atoms with Crippen LogP contribution in [0.5, 0.6) is 0 Å². The lowest BCUT2D eigenvalue weighted by atomic mass is 9.78. The van der Waals surface area contributed by atoms with Gasteiger partial charge >= 0.3 is 0 Å². The number of fused-ring (bicyclic) bond motifs is 3. The van der Waals surface area contributed by atoms with Crippen LogP contribution in [-0.2, 0) is 14.3 Å². The summed E-state index contributed by atoms with van der Waals surface area (Å²) in [6.45, 7) is 4.42.